The molecule has 2 aromatic rings. The zero-order valence-electron chi connectivity index (χ0n) is 9.02. The Kier molecular flexibility index (Phi) is 3.33. The van der Waals surface area contributed by atoms with Gasteiger partial charge >= 0.3 is 5.88 Å². The molecule has 18 heavy (non-hydrogen) atoms. The first-order valence-electron chi connectivity index (χ1n) is 4.91. The molecule has 92 valence electrons. The highest BCUT2D eigenvalue weighted by Crippen LogP contribution is 2.28. The van der Waals surface area contributed by atoms with Gasteiger partial charge < -0.3 is 9.94 Å². The molecule has 0 amide bonds. The van der Waals surface area contributed by atoms with Crippen LogP contribution in [-0.2, 0) is 0 Å². The Morgan fingerprint density at radius 3 is 2.67 bits per heavy atom. The molecule has 0 spiro atoms. The first-order chi connectivity index (χ1) is 8.58. The first-order valence-corrected chi connectivity index (χ1v) is 5.36. The van der Waals surface area contributed by atoms with Gasteiger partial charge in [0.1, 0.15) is 5.75 Å². The lowest BCUT2D eigenvalue weighted by atomic mass is 10.3. The molecule has 0 unspecified atom stereocenters. The summed E-state index contributed by atoms with van der Waals surface area (Å²) in [6.07, 6.45) is 1.29. The van der Waals surface area contributed by atoms with Crippen LogP contribution in [0.2, 0.25) is 0 Å². The van der Waals surface area contributed by atoms with Crippen molar-refractivity contribution in [3.8, 4) is 11.6 Å². The van der Waals surface area contributed by atoms with Crippen LogP contribution in [0.15, 0.2) is 47.5 Å². The molecule has 0 saturated carbocycles. The van der Waals surface area contributed by atoms with E-state index in [1.807, 2.05) is 0 Å². The molecular weight excluding hydrogens is 256 g/mol. The van der Waals surface area contributed by atoms with Gasteiger partial charge in [-0.3, -0.25) is 10.1 Å². The largest absolute Gasteiger partial charge is 0.616 e. The summed E-state index contributed by atoms with van der Waals surface area (Å²) in [6, 6.07) is 8.78. The van der Waals surface area contributed by atoms with Crippen LogP contribution < -0.4 is 9.47 Å². The predicted octanol–water partition coefficient (Wildman–Crippen LogP) is 2.31. The number of rotatable bonds is 3. The summed E-state index contributed by atoms with van der Waals surface area (Å²) >= 11 is 3.99. The van der Waals surface area contributed by atoms with Crippen LogP contribution in [-0.4, -0.2) is 4.92 Å². The van der Waals surface area contributed by atoms with Crippen molar-refractivity contribution in [1.29, 1.82) is 0 Å². The van der Waals surface area contributed by atoms with Crippen molar-refractivity contribution in [3.63, 3.8) is 0 Å². The molecule has 1 heterocycles. The van der Waals surface area contributed by atoms with Crippen LogP contribution in [0.5, 0.6) is 11.6 Å². The van der Waals surface area contributed by atoms with Gasteiger partial charge in [-0.2, -0.15) is 0 Å². The van der Waals surface area contributed by atoms with Crippen molar-refractivity contribution in [1.82, 2.24) is 0 Å². The van der Waals surface area contributed by atoms with Crippen molar-refractivity contribution in [3.05, 3.63) is 57.9 Å². The van der Waals surface area contributed by atoms with Crippen LogP contribution in [0.3, 0.4) is 0 Å². The molecule has 2 rings (SSSR count). The van der Waals surface area contributed by atoms with Crippen molar-refractivity contribution < 1.29 is 14.4 Å². The first kappa shape index (κ1) is 12.2. The Morgan fingerprint density at radius 2 is 2.06 bits per heavy atom. The highest BCUT2D eigenvalue weighted by atomic mass is 32.1. The van der Waals surface area contributed by atoms with E-state index < -0.39 is 4.92 Å². The average molecular weight is 264 g/mol. The van der Waals surface area contributed by atoms with E-state index in [1.165, 1.54) is 30.5 Å². The maximum absolute atomic E-state index is 11.3. The number of hydrogen-bond donors (Lipinski definition) is 1. The second-order valence-corrected chi connectivity index (χ2v) is 3.86. The van der Waals surface area contributed by atoms with Crippen LogP contribution in [0.25, 0.3) is 0 Å². The third kappa shape index (κ3) is 2.51. The second kappa shape index (κ2) is 4.92. The van der Waals surface area contributed by atoms with E-state index in [2.05, 4.69) is 12.6 Å². The molecule has 0 aliphatic rings. The minimum absolute atomic E-state index is 0.0825. The monoisotopic (exact) mass is 264 g/mol. The number of hydrogen-bond acceptors (Lipinski definition) is 5. The van der Waals surface area contributed by atoms with E-state index in [1.54, 1.807) is 12.1 Å². The van der Waals surface area contributed by atoms with E-state index in [4.69, 9.17) is 4.74 Å². The summed E-state index contributed by atoms with van der Waals surface area (Å²) in [7, 11) is 0. The fourth-order valence-corrected chi connectivity index (χ4v) is 1.62. The maximum Gasteiger partial charge on any atom is 0.384 e. The zero-order valence-corrected chi connectivity index (χ0v) is 9.91. The Bertz CT molecular complexity index is 603. The number of nitro benzene ring substituents is 1. The van der Waals surface area contributed by atoms with Gasteiger partial charge in [-0.1, -0.05) is 0 Å². The highest BCUT2D eigenvalue weighted by molar-refractivity contribution is 7.80. The van der Waals surface area contributed by atoms with Gasteiger partial charge in [-0.25, -0.2) is 0 Å². The number of pyridine rings is 1. The molecule has 7 heteroatoms. The standard InChI is InChI=1S/C11H8N2O4S/c14-12-6-2-1-3-11(12)17-8-4-5-9(13(15)16)10(18)7-8/h1-7,18H. The van der Waals surface area contributed by atoms with Gasteiger partial charge in [0.25, 0.3) is 5.69 Å². The average Bonchev–Trinajstić information content (AvgIpc) is 2.32. The lowest BCUT2D eigenvalue weighted by Crippen LogP contribution is -2.26. The van der Waals surface area contributed by atoms with Gasteiger partial charge in [-0.05, 0) is 12.1 Å². The summed E-state index contributed by atoms with van der Waals surface area (Å²) in [5, 5.41) is 22.0. The fraction of sp³-hybridized carbons (Fsp3) is 0. The van der Waals surface area contributed by atoms with Crippen LogP contribution in [0.1, 0.15) is 0 Å². The third-order valence-corrected chi connectivity index (χ3v) is 2.51. The van der Waals surface area contributed by atoms with E-state index in [0.29, 0.717) is 10.5 Å². The van der Waals surface area contributed by atoms with Gasteiger partial charge in [0.05, 0.1) is 15.9 Å². The normalized spacial score (nSPS) is 10.1. The molecule has 0 bridgehead atoms. The number of thiol groups is 1. The molecule has 0 aliphatic carbocycles. The maximum atomic E-state index is 11.3. The number of ether oxygens (including phenoxy) is 1. The van der Waals surface area contributed by atoms with Crippen LogP contribution >= 0.6 is 12.6 Å². The smallest absolute Gasteiger partial charge is 0.384 e. The van der Waals surface area contributed by atoms with Gasteiger partial charge in [0.15, 0.2) is 6.20 Å². The van der Waals surface area contributed by atoms with E-state index >= 15 is 0 Å². The molecule has 0 saturated heterocycles. The SMILES string of the molecule is O=[N+]([O-])c1ccc(Oc2cccc[n+]2[O-])cc1S. The van der Waals surface area contributed by atoms with Crippen molar-refractivity contribution in [2.45, 2.75) is 4.90 Å². The molecule has 1 aromatic heterocycles. The Morgan fingerprint density at radius 1 is 1.28 bits per heavy atom. The quantitative estimate of drug-likeness (QED) is 0.303. The zero-order chi connectivity index (χ0) is 13.1. The Labute approximate surface area is 108 Å². The lowest BCUT2D eigenvalue weighted by Gasteiger charge is -2.06. The molecule has 0 N–H and O–H groups in total. The predicted molar refractivity (Wildman–Crippen MR) is 65.8 cm³/mol. The summed E-state index contributed by atoms with van der Waals surface area (Å²) < 4.78 is 5.86. The molecule has 6 nitrogen and oxygen atoms in total. The number of nitro groups is 1. The summed E-state index contributed by atoms with van der Waals surface area (Å²) in [5.74, 6) is 0.389. The minimum Gasteiger partial charge on any atom is -0.616 e. The second-order valence-electron chi connectivity index (χ2n) is 3.37. The summed E-state index contributed by atoms with van der Waals surface area (Å²) in [5.41, 5.74) is -0.117. The highest BCUT2D eigenvalue weighted by Gasteiger charge is 2.13. The molecule has 0 radical (unpaired) electrons. The van der Waals surface area contributed by atoms with Crippen molar-refractivity contribution >= 4 is 18.3 Å². The molecule has 1 aromatic carbocycles. The van der Waals surface area contributed by atoms with Crippen molar-refractivity contribution in [2.24, 2.45) is 0 Å². The van der Waals surface area contributed by atoms with Gasteiger partial charge in [0.2, 0.25) is 0 Å². The van der Waals surface area contributed by atoms with Gasteiger partial charge in [-0.15, -0.1) is 17.4 Å². The molecule has 0 fully saturated rings. The lowest BCUT2D eigenvalue weighted by molar-refractivity contribution is -0.611. The molecule has 0 atom stereocenters. The van der Waals surface area contributed by atoms with E-state index in [9.17, 15) is 15.3 Å². The van der Waals surface area contributed by atoms with Crippen LogP contribution in [0.4, 0.5) is 5.69 Å². The Hall–Kier alpha value is -2.28. The molecule has 0 aliphatic heterocycles. The number of nitrogens with zero attached hydrogens (tertiary/aromatic N) is 2. The number of benzene rings is 1. The topological polar surface area (TPSA) is 79.3 Å². The minimum atomic E-state index is -0.539. The fourth-order valence-electron chi connectivity index (χ4n) is 1.33. The molecular formula is C11H8N2O4S. The Balaban J connectivity index is 2.29. The van der Waals surface area contributed by atoms with E-state index in [-0.39, 0.29) is 16.5 Å². The van der Waals surface area contributed by atoms with Gasteiger partial charge in [0, 0.05) is 18.2 Å². The summed E-state index contributed by atoms with van der Waals surface area (Å²) in [6.45, 7) is 0. The van der Waals surface area contributed by atoms with E-state index in [0.717, 1.165) is 0 Å². The third-order valence-electron chi connectivity index (χ3n) is 2.15. The number of aromatic nitrogens is 1. The van der Waals surface area contributed by atoms with Crippen LogP contribution in [0, 0.1) is 15.3 Å². The summed E-state index contributed by atoms with van der Waals surface area (Å²) in [4.78, 5) is 10.2. The van der Waals surface area contributed by atoms with Crippen molar-refractivity contribution in [2.75, 3.05) is 0 Å².